The zero-order chi connectivity index (χ0) is 9.80. The van der Waals surface area contributed by atoms with Crippen LogP contribution in [0.1, 0.15) is 0 Å². The highest BCUT2D eigenvalue weighted by atomic mass is 16.5. The Kier molecular flexibility index (Phi) is 2.36. The van der Waals surface area contributed by atoms with E-state index in [1.165, 1.54) is 6.33 Å². The third kappa shape index (κ3) is 1.69. The second-order valence-corrected chi connectivity index (χ2v) is 2.72. The van der Waals surface area contributed by atoms with Gasteiger partial charge >= 0.3 is 0 Å². The van der Waals surface area contributed by atoms with Gasteiger partial charge in [-0.2, -0.15) is 0 Å². The molecule has 4 heteroatoms. The van der Waals surface area contributed by atoms with Gasteiger partial charge in [0, 0.05) is 35.8 Å². The maximum absolute atomic E-state index is 4.96. The quantitative estimate of drug-likeness (QED) is 0.715. The number of hydrogen-bond donors (Lipinski definition) is 0. The monoisotopic (exact) mass is 187 g/mol. The highest BCUT2D eigenvalue weighted by Gasteiger charge is 1.98. The van der Waals surface area contributed by atoms with Gasteiger partial charge in [-0.15, -0.1) is 0 Å². The summed E-state index contributed by atoms with van der Waals surface area (Å²) < 4.78 is 4.96. The van der Waals surface area contributed by atoms with Gasteiger partial charge in [0.25, 0.3) is 0 Å². The maximum atomic E-state index is 4.96. The van der Waals surface area contributed by atoms with Crippen molar-refractivity contribution >= 4 is 0 Å². The average Bonchev–Trinajstić information content (AvgIpc) is 2.30. The van der Waals surface area contributed by atoms with Crippen molar-refractivity contribution in [1.82, 2.24) is 15.0 Å². The maximum Gasteiger partial charge on any atom is 0.212 e. The number of ether oxygens (including phenoxy) is 1. The Hall–Kier alpha value is -1.97. The zero-order valence-electron chi connectivity index (χ0n) is 7.71. The second kappa shape index (κ2) is 3.83. The minimum atomic E-state index is 0.602. The highest BCUT2D eigenvalue weighted by molar-refractivity contribution is 5.60. The lowest BCUT2D eigenvalue weighted by molar-refractivity contribution is 0.398. The van der Waals surface area contributed by atoms with Gasteiger partial charge in [-0.3, -0.25) is 0 Å². The molecule has 2 heterocycles. The molecule has 2 aromatic rings. The van der Waals surface area contributed by atoms with E-state index in [0.29, 0.717) is 5.88 Å². The summed E-state index contributed by atoms with van der Waals surface area (Å²) >= 11 is 0. The normalized spacial score (nSPS) is 9.79. The fourth-order valence-corrected chi connectivity index (χ4v) is 1.12. The van der Waals surface area contributed by atoms with Gasteiger partial charge < -0.3 is 4.74 Å². The van der Waals surface area contributed by atoms with Crippen LogP contribution in [0.5, 0.6) is 5.88 Å². The van der Waals surface area contributed by atoms with Crippen molar-refractivity contribution in [3.05, 3.63) is 37.1 Å². The summed E-state index contributed by atoms with van der Waals surface area (Å²) in [5.41, 5.74) is 1.93. The van der Waals surface area contributed by atoms with Crippen molar-refractivity contribution in [3.63, 3.8) is 0 Å². The van der Waals surface area contributed by atoms with E-state index >= 15 is 0 Å². The summed E-state index contributed by atoms with van der Waals surface area (Å²) in [5, 5.41) is 0. The molecule has 0 bridgehead atoms. The molecule has 2 aromatic heterocycles. The predicted molar refractivity (Wildman–Crippen MR) is 51.8 cm³/mol. The molecule has 70 valence electrons. The van der Waals surface area contributed by atoms with E-state index in [4.69, 9.17) is 4.74 Å². The molecular formula is C10H9N3O. The van der Waals surface area contributed by atoms with Crippen LogP contribution in [0.3, 0.4) is 0 Å². The number of hydrogen-bond acceptors (Lipinski definition) is 4. The van der Waals surface area contributed by atoms with Crippen molar-refractivity contribution in [2.24, 2.45) is 0 Å². The van der Waals surface area contributed by atoms with Crippen molar-refractivity contribution < 1.29 is 4.74 Å². The number of nitrogens with zero attached hydrogens (tertiary/aromatic N) is 3. The molecule has 0 atom stereocenters. The summed E-state index contributed by atoms with van der Waals surface area (Å²) in [6, 6.07) is 3.73. The molecule has 0 N–H and O–H groups in total. The van der Waals surface area contributed by atoms with Gasteiger partial charge in [-0.25, -0.2) is 15.0 Å². The van der Waals surface area contributed by atoms with E-state index in [2.05, 4.69) is 15.0 Å². The van der Waals surface area contributed by atoms with Crippen LogP contribution in [0.2, 0.25) is 0 Å². The van der Waals surface area contributed by atoms with Gasteiger partial charge in [0.2, 0.25) is 5.88 Å². The molecule has 0 amide bonds. The molecule has 0 spiro atoms. The first-order chi connectivity index (χ1) is 6.90. The molecular weight excluding hydrogens is 178 g/mol. The number of pyridine rings is 1. The summed E-state index contributed by atoms with van der Waals surface area (Å²) in [4.78, 5) is 12.0. The Balaban J connectivity index is 2.34. The standard InChI is InChI=1S/C10H9N3O/c1-14-10-3-2-8(6-13-10)9-4-11-7-12-5-9/h2-7H,1H3. The average molecular weight is 187 g/mol. The topological polar surface area (TPSA) is 47.9 Å². The number of aromatic nitrogens is 3. The Morgan fingerprint density at radius 2 is 1.79 bits per heavy atom. The lowest BCUT2D eigenvalue weighted by Gasteiger charge is -2.01. The van der Waals surface area contributed by atoms with Crippen LogP contribution in [-0.2, 0) is 0 Å². The first-order valence-electron chi connectivity index (χ1n) is 4.15. The first-order valence-corrected chi connectivity index (χ1v) is 4.15. The van der Waals surface area contributed by atoms with Crippen molar-refractivity contribution in [3.8, 4) is 17.0 Å². The van der Waals surface area contributed by atoms with E-state index in [9.17, 15) is 0 Å². The van der Waals surface area contributed by atoms with Gasteiger partial charge in [-0.1, -0.05) is 0 Å². The summed E-state index contributed by atoms with van der Waals surface area (Å²) in [7, 11) is 1.59. The van der Waals surface area contributed by atoms with E-state index in [-0.39, 0.29) is 0 Å². The molecule has 0 unspecified atom stereocenters. The van der Waals surface area contributed by atoms with Crippen LogP contribution in [0.15, 0.2) is 37.1 Å². The fourth-order valence-electron chi connectivity index (χ4n) is 1.12. The number of methoxy groups -OCH3 is 1. The van der Waals surface area contributed by atoms with Gasteiger partial charge in [0.05, 0.1) is 7.11 Å². The van der Waals surface area contributed by atoms with Crippen LogP contribution in [0.25, 0.3) is 11.1 Å². The summed E-state index contributed by atoms with van der Waals surface area (Å²) in [6.45, 7) is 0. The number of rotatable bonds is 2. The van der Waals surface area contributed by atoms with Crippen LogP contribution in [0, 0.1) is 0 Å². The molecule has 0 saturated carbocycles. The smallest absolute Gasteiger partial charge is 0.212 e. The zero-order valence-corrected chi connectivity index (χ0v) is 7.71. The minimum absolute atomic E-state index is 0.602. The van der Waals surface area contributed by atoms with Crippen molar-refractivity contribution in [2.75, 3.05) is 7.11 Å². The van der Waals surface area contributed by atoms with E-state index in [1.54, 1.807) is 25.7 Å². The summed E-state index contributed by atoms with van der Waals surface area (Å²) in [5.74, 6) is 0.602. The molecule has 0 radical (unpaired) electrons. The molecule has 0 saturated heterocycles. The molecule has 0 aliphatic heterocycles. The highest BCUT2D eigenvalue weighted by Crippen LogP contribution is 2.17. The molecule has 4 nitrogen and oxygen atoms in total. The van der Waals surface area contributed by atoms with Gasteiger partial charge in [0.1, 0.15) is 6.33 Å². The van der Waals surface area contributed by atoms with E-state index in [0.717, 1.165) is 11.1 Å². The van der Waals surface area contributed by atoms with Crippen LogP contribution in [-0.4, -0.2) is 22.1 Å². The third-order valence-corrected chi connectivity index (χ3v) is 1.84. The Labute approximate surface area is 81.6 Å². The van der Waals surface area contributed by atoms with Gasteiger partial charge in [0.15, 0.2) is 0 Å². The Morgan fingerprint density at radius 3 is 2.36 bits per heavy atom. The lowest BCUT2D eigenvalue weighted by Crippen LogP contribution is -1.87. The SMILES string of the molecule is COc1ccc(-c2cncnc2)cn1. The largest absolute Gasteiger partial charge is 0.481 e. The van der Waals surface area contributed by atoms with E-state index in [1.807, 2.05) is 12.1 Å². The van der Waals surface area contributed by atoms with Crippen LogP contribution < -0.4 is 4.74 Å². The molecule has 2 rings (SSSR count). The molecule has 0 aromatic carbocycles. The second-order valence-electron chi connectivity index (χ2n) is 2.72. The van der Waals surface area contributed by atoms with Crippen molar-refractivity contribution in [1.29, 1.82) is 0 Å². The molecule has 14 heavy (non-hydrogen) atoms. The van der Waals surface area contributed by atoms with Crippen molar-refractivity contribution in [2.45, 2.75) is 0 Å². The van der Waals surface area contributed by atoms with Gasteiger partial charge in [-0.05, 0) is 6.07 Å². The molecule has 0 fully saturated rings. The Morgan fingerprint density at radius 1 is 1.00 bits per heavy atom. The summed E-state index contributed by atoms with van der Waals surface area (Å²) in [6.07, 6.45) is 6.73. The minimum Gasteiger partial charge on any atom is -0.481 e. The molecule has 0 aliphatic carbocycles. The first kappa shape index (κ1) is 8.62. The predicted octanol–water partition coefficient (Wildman–Crippen LogP) is 1.55. The van der Waals surface area contributed by atoms with E-state index < -0.39 is 0 Å². The van der Waals surface area contributed by atoms with Crippen LogP contribution in [0.4, 0.5) is 0 Å². The third-order valence-electron chi connectivity index (χ3n) is 1.84. The molecule has 0 aliphatic rings. The van der Waals surface area contributed by atoms with Crippen LogP contribution >= 0.6 is 0 Å². The Bertz CT molecular complexity index is 399. The fraction of sp³-hybridized carbons (Fsp3) is 0.100. The lowest BCUT2D eigenvalue weighted by atomic mass is 10.2.